The maximum atomic E-state index is 5.90. The minimum Gasteiger partial charge on any atom is -0.302 e. The molecule has 1 aromatic rings. The SMILES string of the molecule is CN(Cc1ccc(Cl)cc1)CC(CBr)C(C)(C)C. The van der Waals surface area contributed by atoms with Gasteiger partial charge in [-0.25, -0.2) is 0 Å². The molecule has 0 saturated carbocycles. The summed E-state index contributed by atoms with van der Waals surface area (Å²) in [6.45, 7) is 8.97. The highest BCUT2D eigenvalue weighted by molar-refractivity contribution is 9.09. The van der Waals surface area contributed by atoms with Gasteiger partial charge in [-0.15, -0.1) is 0 Å². The summed E-state index contributed by atoms with van der Waals surface area (Å²) in [6, 6.07) is 8.10. The van der Waals surface area contributed by atoms with E-state index in [1.165, 1.54) is 5.56 Å². The average molecular weight is 333 g/mol. The van der Waals surface area contributed by atoms with Gasteiger partial charge in [0.15, 0.2) is 0 Å². The van der Waals surface area contributed by atoms with Crippen LogP contribution in [0.5, 0.6) is 0 Å². The van der Waals surface area contributed by atoms with E-state index in [-0.39, 0.29) is 0 Å². The lowest BCUT2D eigenvalue weighted by atomic mass is 9.82. The molecule has 0 bridgehead atoms. The fourth-order valence-electron chi connectivity index (χ4n) is 1.90. The van der Waals surface area contributed by atoms with E-state index in [4.69, 9.17) is 11.6 Å². The first-order valence-corrected chi connectivity index (χ1v) is 7.82. The molecular formula is C15H23BrClN. The number of halogens is 2. The Hall–Kier alpha value is -0.0500. The molecule has 0 aromatic heterocycles. The largest absolute Gasteiger partial charge is 0.302 e. The second kappa shape index (κ2) is 6.93. The van der Waals surface area contributed by atoms with E-state index in [9.17, 15) is 0 Å². The summed E-state index contributed by atoms with van der Waals surface area (Å²) in [6.07, 6.45) is 0. The highest BCUT2D eigenvalue weighted by Crippen LogP contribution is 2.28. The maximum Gasteiger partial charge on any atom is 0.0406 e. The molecule has 0 spiro atoms. The third kappa shape index (κ3) is 5.29. The van der Waals surface area contributed by atoms with Crippen molar-refractivity contribution < 1.29 is 0 Å². The molecule has 18 heavy (non-hydrogen) atoms. The van der Waals surface area contributed by atoms with Crippen molar-refractivity contribution in [2.75, 3.05) is 18.9 Å². The van der Waals surface area contributed by atoms with E-state index in [0.29, 0.717) is 11.3 Å². The molecule has 1 rings (SSSR count). The highest BCUT2D eigenvalue weighted by Gasteiger charge is 2.24. The number of hydrogen-bond acceptors (Lipinski definition) is 1. The van der Waals surface area contributed by atoms with Crippen LogP contribution in [0.4, 0.5) is 0 Å². The van der Waals surface area contributed by atoms with Gasteiger partial charge in [0.25, 0.3) is 0 Å². The summed E-state index contributed by atoms with van der Waals surface area (Å²) in [4.78, 5) is 2.38. The van der Waals surface area contributed by atoms with Crippen LogP contribution in [-0.2, 0) is 6.54 Å². The molecule has 102 valence electrons. The lowest BCUT2D eigenvalue weighted by Gasteiger charge is -2.32. The molecule has 0 amide bonds. The summed E-state index contributed by atoms with van der Waals surface area (Å²) in [7, 11) is 2.18. The van der Waals surface area contributed by atoms with Crippen LogP contribution in [-0.4, -0.2) is 23.8 Å². The van der Waals surface area contributed by atoms with Crippen molar-refractivity contribution in [1.29, 1.82) is 0 Å². The van der Waals surface area contributed by atoms with Crippen LogP contribution in [0.15, 0.2) is 24.3 Å². The molecule has 0 fully saturated rings. The van der Waals surface area contributed by atoms with Crippen molar-refractivity contribution in [2.45, 2.75) is 27.3 Å². The van der Waals surface area contributed by atoms with Gasteiger partial charge in [-0.05, 0) is 36.1 Å². The van der Waals surface area contributed by atoms with Crippen LogP contribution in [0.25, 0.3) is 0 Å². The van der Waals surface area contributed by atoms with Crippen molar-refractivity contribution in [3.8, 4) is 0 Å². The van der Waals surface area contributed by atoms with Gasteiger partial charge in [0.05, 0.1) is 0 Å². The van der Waals surface area contributed by atoms with Gasteiger partial charge in [0.2, 0.25) is 0 Å². The Morgan fingerprint density at radius 1 is 1.22 bits per heavy atom. The first-order chi connectivity index (χ1) is 8.32. The van der Waals surface area contributed by atoms with Gasteiger partial charge in [-0.2, -0.15) is 0 Å². The minimum atomic E-state index is 0.331. The van der Waals surface area contributed by atoms with Crippen LogP contribution in [0.3, 0.4) is 0 Å². The number of benzene rings is 1. The molecule has 0 aliphatic heterocycles. The average Bonchev–Trinajstić information content (AvgIpc) is 2.27. The number of nitrogens with zero attached hydrogens (tertiary/aromatic N) is 1. The van der Waals surface area contributed by atoms with Crippen LogP contribution >= 0.6 is 27.5 Å². The zero-order valence-electron chi connectivity index (χ0n) is 11.7. The molecule has 1 nitrogen and oxygen atoms in total. The molecule has 0 heterocycles. The Balaban J connectivity index is 2.55. The van der Waals surface area contributed by atoms with Crippen molar-refractivity contribution >= 4 is 27.5 Å². The Bertz CT molecular complexity index is 356. The molecule has 1 unspecified atom stereocenters. The van der Waals surface area contributed by atoms with Crippen molar-refractivity contribution in [3.63, 3.8) is 0 Å². The first kappa shape index (κ1) is 16.0. The van der Waals surface area contributed by atoms with E-state index in [2.05, 4.69) is 60.8 Å². The Morgan fingerprint density at radius 3 is 2.22 bits per heavy atom. The van der Waals surface area contributed by atoms with Gasteiger partial charge in [0.1, 0.15) is 0 Å². The van der Waals surface area contributed by atoms with Crippen molar-refractivity contribution in [1.82, 2.24) is 4.90 Å². The maximum absolute atomic E-state index is 5.90. The molecular weight excluding hydrogens is 310 g/mol. The van der Waals surface area contributed by atoms with E-state index < -0.39 is 0 Å². The van der Waals surface area contributed by atoms with E-state index >= 15 is 0 Å². The predicted octanol–water partition coefficient (Wildman–Crippen LogP) is 4.83. The summed E-state index contributed by atoms with van der Waals surface area (Å²) >= 11 is 9.53. The highest BCUT2D eigenvalue weighted by atomic mass is 79.9. The van der Waals surface area contributed by atoms with Crippen molar-refractivity contribution in [2.24, 2.45) is 11.3 Å². The second-order valence-electron chi connectivity index (χ2n) is 6.04. The topological polar surface area (TPSA) is 3.24 Å². The summed E-state index contributed by atoms with van der Waals surface area (Å²) < 4.78 is 0. The molecule has 0 saturated heterocycles. The molecule has 0 N–H and O–H groups in total. The standard InChI is InChI=1S/C15H23BrClN/c1-15(2,3)13(9-16)11-18(4)10-12-5-7-14(17)8-6-12/h5-8,13H,9-11H2,1-4H3. The Morgan fingerprint density at radius 2 is 1.78 bits per heavy atom. The molecule has 1 aromatic carbocycles. The minimum absolute atomic E-state index is 0.331. The zero-order chi connectivity index (χ0) is 13.8. The zero-order valence-corrected chi connectivity index (χ0v) is 14.1. The van der Waals surface area contributed by atoms with Gasteiger partial charge in [-0.3, -0.25) is 0 Å². The van der Waals surface area contributed by atoms with Gasteiger partial charge in [0, 0.05) is 23.4 Å². The lowest BCUT2D eigenvalue weighted by Crippen LogP contribution is -2.34. The molecule has 1 atom stereocenters. The molecule has 3 heteroatoms. The fraction of sp³-hybridized carbons (Fsp3) is 0.600. The van der Waals surface area contributed by atoms with E-state index in [1.807, 2.05) is 12.1 Å². The van der Waals surface area contributed by atoms with Crippen LogP contribution in [0.1, 0.15) is 26.3 Å². The van der Waals surface area contributed by atoms with E-state index in [0.717, 1.165) is 23.4 Å². The summed E-state index contributed by atoms with van der Waals surface area (Å²) in [5.41, 5.74) is 1.64. The second-order valence-corrected chi connectivity index (χ2v) is 7.12. The third-order valence-electron chi connectivity index (χ3n) is 3.31. The smallest absolute Gasteiger partial charge is 0.0406 e. The van der Waals surface area contributed by atoms with Crippen molar-refractivity contribution in [3.05, 3.63) is 34.9 Å². The third-order valence-corrected chi connectivity index (χ3v) is 4.34. The quantitative estimate of drug-likeness (QED) is 0.698. The Labute approximate surface area is 125 Å². The van der Waals surface area contributed by atoms with Crippen LogP contribution < -0.4 is 0 Å². The normalized spacial score (nSPS) is 13.9. The Kier molecular flexibility index (Phi) is 6.16. The summed E-state index contributed by atoms with van der Waals surface area (Å²) in [5.74, 6) is 0.648. The number of rotatable bonds is 5. The van der Waals surface area contributed by atoms with Gasteiger partial charge >= 0.3 is 0 Å². The van der Waals surface area contributed by atoms with Gasteiger partial charge < -0.3 is 4.90 Å². The number of alkyl halides is 1. The number of hydrogen-bond donors (Lipinski definition) is 0. The first-order valence-electron chi connectivity index (χ1n) is 6.32. The molecule has 0 aliphatic carbocycles. The molecule has 0 aliphatic rings. The molecule has 0 radical (unpaired) electrons. The van der Waals surface area contributed by atoms with Crippen LogP contribution in [0.2, 0.25) is 5.02 Å². The summed E-state index contributed by atoms with van der Waals surface area (Å²) in [5, 5.41) is 1.84. The van der Waals surface area contributed by atoms with Crippen LogP contribution in [0, 0.1) is 11.3 Å². The predicted molar refractivity (Wildman–Crippen MR) is 84.5 cm³/mol. The van der Waals surface area contributed by atoms with E-state index in [1.54, 1.807) is 0 Å². The van der Waals surface area contributed by atoms with Gasteiger partial charge in [-0.1, -0.05) is 60.4 Å². The monoisotopic (exact) mass is 331 g/mol. The fourth-order valence-corrected chi connectivity index (χ4v) is 3.20. The lowest BCUT2D eigenvalue weighted by molar-refractivity contribution is 0.183.